The highest BCUT2D eigenvalue weighted by Crippen LogP contribution is 2.35. The quantitative estimate of drug-likeness (QED) is 0.899. The molecule has 4 nitrogen and oxygen atoms in total. The number of rotatable bonds is 3. The number of benzene rings is 1. The molecule has 96 valence electrons. The van der Waals surface area contributed by atoms with Crippen LogP contribution in [-0.2, 0) is 6.42 Å². The molecule has 1 aromatic carbocycles. The predicted molar refractivity (Wildman–Crippen MR) is 74.6 cm³/mol. The minimum Gasteiger partial charge on any atom is -0.478 e. The van der Waals surface area contributed by atoms with Crippen LogP contribution in [0.25, 0.3) is 0 Å². The summed E-state index contributed by atoms with van der Waals surface area (Å²) in [7, 11) is 0. The van der Waals surface area contributed by atoms with Crippen molar-refractivity contribution in [1.29, 1.82) is 0 Å². The average Bonchev–Trinajstić information content (AvgIpc) is 2.81. The van der Waals surface area contributed by atoms with Crippen molar-refractivity contribution < 1.29 is 9.90 Å². The molecule has 0 bridgehead atoms. The number of carboxylic acids is 1. The molecule has 0 saturated heterocycles. The maximum absolute atomic E-state index is 11.2. The van der Waals surface area contributed by atoms with Gasteiger partial charge in [-0.05, 0) is 18.2 Å². The van der Waals surface area contributed by atoms with E-state index in [1.54, 1.807) is 18.0 Å². The molecule has 1 aromatic heterocycles. The summed E-state index contributed by atoms with van der Waals surface area (Å²) in [5.41, 5.74) is 1.78. The Morgan fingerprint density at radius 2 is 2.11 bits per heavy atom. The van der Waals surface area contributed by atoms with Gasteiger partial charge in [0.05, 0.1) is 22.3 Å². The first-order valence-electron chi connectivity index (χ1n) is 5.93. The molecule has 2 heterocycles. The maximum atomic E-state index is 11.2. The Morgan fingerprint density at radius 1 is 1.32 bits per heavy atom. The molecular weight excluding hydrogens is 260 g/mol. The Morgan fingerprint density at radius 3 is 2.84 bits per heavy atom. The van der Waals surface area contributed by atoms with Gasteiger partial charge < -0.3 is 10.4 Å². The summed E-state index contributed by atoms with van der Waals surface area (Å²) in [6, 6.07) is 11.6. The van der Waals surface area contributed by atoms with Crippen LogP contribution in [0.4, 0.5) is 5.69 Å². The number of pyridine rings is 1. The molecule has 1 aliphatic heterocycles. The first kappa shape index (κ1) is 12.0. The SMILES string of the molecule is O=C(O)c1ccnc2c1NC(Sc1ccccc1)C2. The van der Waals surface area contributed by atoms with Crippen LogP contribution >= 0.6 is 11.8 Å². The molecule has 0 aliphatic carbocycles. The highest BCUT2D eigenvalue weighted by molar-refractivity contribution is 8.00. The Bertz CT molecular complexity index is 616. The standard InChI is InChI=1S/C14H12N2O2S/c17-14(18)10-6-7-15-11-8-12(16-13(10)11)19-9-4-2-1-3-5-9/h1-7,12,16H,8H2,(H,17,18). The number of nitrogens with one attached hydrogen (secondary N) is 1. The molecule has 2 N–H and O–H groups in total. The zero-order valence-corrected chi connectivity index (χ0v) is 10.9. The Hall–Kier alpha value is -2.01. The first-order chi connectivity index (χ1) is 9.24. The van der Waals surface area contributed by atoms with Crippen molar-refractivity contribution in [2.24, 2.45) is 0 Å². The Balaban J connectivity index is 1.81. The summed E-state index contributed by atoms with van der Waals surface area (Å²) < 4.78 is 0. The molecule has 0 spiro atoms. The number of hydrogen-bond donors (Lipinski definition) is 2. The van der Waals surface area contributed by atoms with E-state index < -0.39 is 5.97 Å². The van der Waals surface area contributed by atoms with Crippen molar-refractivity contribution in [3.63, 3.8) is 0 Å². The first-order valence-corrected chi connectivity index (χ1v) is 6.81. The van der Waals surface area contributed by atoms with Crippen LogP contribution in [0.15, 0.2) is 47.5 Å². The Kier molecular flexibility index (Phi) is 3.13. The van der Waals surface area contributed by atoms with Crippen LogP contribution in [0.3, 0.4) is 0 Å². The molecule has 19 heavy (non-hydrogen) atoms. The lowest BCUT2D eigenvalue weighted by molar-refractivity contribution is 0.0698. The van der Waals surface area contributed by atoms with E-state index in [0.29, 0.717) is 11.3 Å². The molecule has 1 atom stereocenters. The highest BCUT2D eigenvalue weighted by Gasteiger charge is 2.26. The van der Waals surface area contributed by atoms with E-state index in [1.165, 1.54) is 6.07 Å². The molecule has 5 heteroatoms. The normalized spacial score (nSPS) is 16.7. The maximum Gasteiger partial charge on any atom is 0.337 e. The number of carbonyl (C=O) groups is 1. The summed E-state index contributed by atoms with van der Waals surface area (Å²) >= 11 is 1.68. The fourth-order valence-electron chi connectivity index (χ4n) is 2.12. The summed E-state index contributed by atoms with van der Waals surface area (Å²) in [5, 5.41) is 12.5. The van der Waals surface area contributed by atoms with E-state index in [9.17, 15) is 4.79 Å². The van der Waals surface area contributed by atoms with E-state index in [0.717, 1.165) is 17.0 Å². The topological polar surface area (TPSA) is 62.2 Å². The van der Waals surface area contributed by atoms with Crippen LogP contribution in [-0.4, -0.2) is 21.4 Å². The summed E-state index contributed by atoms with van der Waals surface area (Å²) in [4.78, 5) is 16.6. The number of thioether (sulfide) groups is 1. The monoisotopic (exact) mass is 272 g/mol. The van der Waals surface area contributed by atoms with E-state index >= 15 is 0 Å². The fraction of sp³-hybridized carbons (Fsp3) is 0.143. The molecule has 2 aromatic rings. The van der Waals surface area contributed by atoms with Gasteiger partial charge in [-0.2, -0.15) is 0 Å². The zero-order chi connectivity index (χ0) is 13.2. The van der Waals surface area contributed by atoms with E-state index in [2.05, 4.69) is 10.3 Å². The minimum atomic E-state index is -0.920. The third kappa shape index (κ3) is 2.42. The second-order valence-electron chi connectivity index (χ2n) is 4.25. The van der Waals surface area contributed by atoms with Gasteiger partial charge in [-0.25, -0.2) is 4.79 Å². The fourth-order valence-corrected chi connectivity index (χ4v) is 3.18. The van der Waals surface area contributed by atoms with Crippen molar-refractivity contribution in [3.05, 3.63) is 53.9 Å². The Labute approximate surface area is 114 Å². The van der Waals surface area contributed by atoms with Gasteiger partial charge in [0.15, 0.2) is 0 Å². The zero-order valence-electron chi connectivity index (χ0n) is 10.0. The predicted octanol–water partition coefficient (Wildman–Crippen LogP) is 2.87. The summed E-state index contributed by atoms with van der Waals surface area (Å²) in [6.45, 7) is 0. The lowest BCUT2D eigenvalue weighted by atomic mass is 10.2. The van der Waals surface area contributed by atoms with Crippen LogP contribution in [0.5, 0.6) is 0 Å². The van der Waals surface area contributed by atoms with E-state index in [4.69, 9.17) is 5.11 Å². The van der Waals surface area contributed by atoms with E-state index in [-0.39, 0.29) is 5.37 Å². The van der Waals surface area contributed by atoms with Crippen LogP contribution in [0.1, 0.15) is 16.1 Å². The van der Waals surface area contributed by atoms with Gasteiger partial charge in [0.2, 0.25) is 0 Å². The molecule has 0 radical (unpaired) electrons. The number of anilines is 1. The second kappa shape index (κ2) is 4.93. The molecular formula is C14H12N2O2S. The van der Waals surface area contributed by atoms with Crippen molar-refractivity contribution in [2.45, 2.75) is 16.7 Å². The van der Waals surface area contributed by atoms with Crippen molar-refractivity contribution >= 4 is 23.4 Å². The number of hydrogen-bond acceptors (Lipinski definition) is 4. The largest absolute Gasteiger partial charge is 0.478 e. The average molecular weight is 272 g/mol. The third-order valence-corrected chi connectivity index (χ3v) is 4.08. The van der Waals surface area contributed by atoms with Gasteiger partial charge in [-0.1, -0.05) is 18.2 Å². The number of fused-ring (bicyclic) bond motifs is 1. The van der Waals surface area contributed by atoms with E-state index in [1.807, 2.05) is 30.3 Å². The molecule has 3 rings (SSSR count). The molecule has 0 amide bonds. The number of aromatic carboxylic acids is 1. The van der Waals surface area contributed by atoms with Gasteiger partial charge in [0, 0.05) is 17.5 Å². The van der Waals surface area contributed by atoms with Crippen LogP contribution in [0, 0.1) is 0 Å². The van der Waals surface area contributed by atoms with Crippen LogP contribution in [0.2, 0.25) is 0 Å². The number of carboxylic acid groups (broad SMARTS) is 1. The van der Waals surface area contributed by atoms with Gasteiger partial charge in [-0.15, -0.1) is 11.8 Å². The highest BCUT2D eigenvalue weighted by atomic mass is 32.2. The third-order valence-electron chi connectivity index (χ3n) is 2.97. The number of aromatic nitrogens is 1. The lowest BCUT2D eigenvalue weighted by Gasteiger charge is -2.11. The summed E-state index contributed by atoms with van der Waals surface area (Å²) in [5.74, 6) is -0.920. The van der Waals surface area contributed by atoms with Crippen molar-refractivity contribution in [2.75, 3.05) is 5.32 Å². The van der Waals surface area contributed by atoms with Gasteiger partial charge in [0.25, 0.3) is 0 Å². The lowest BCUT2D eigenvalue weighted by Crippen LogP contribution is -2.11. The van der Waals surface area contributed by atoms with Gasteiger partial charge in [-0.3, -0.25) is 4.98 Å². The van der Waals surface area contributed by atoms with Crippen molar-refractivity contribution in [3.8, 4) is 0 Å². The minimum absolute atomic E-state index is 0.130. The molecule has 0 saturated carbocycles. The van der Waals surface area contributed by atoms with Crippen LogP contribution < -0.4 is 5.32 Å². The number of nitrogens with zero attached hydrogens (tertiary/aromatic N) is 1. The van der Waals surface area contributed by atoms with Crippen molar-refractivity contribution in [1.82, 2.24) is 4.98 Å². The van der Waals surface area contributed by atoms with Gasteiger partial charge >= 0.3 is 5.97 Å². The van der Waals surface area contributed by atoms with Gasteiger partial charge in [0.1, 0.15) is 0 Å². The summed E-state index contributed by atoms with van der Waals surface area (Å²) in [6.07, 6.45) is 2.29. The molecule has 1 unspecified atom stereocenters. The molecule has 1 aliphatic rings. The smallest absolute Gasteiger partial charge is 0.337 e. The molecule has 0 fully saturated rings. The second-order valence-corrected chi connectivity index (χ2v) is 5.53.